The Bertz CT molecular complexity index is 923. The number of ether oxygens (including phenoxy) is 1. The molecule has 1 saturated heterocycles. The first-order valence-electron chi connectivity index (χ1n) is 8.70. The molecule has 0 bridgehead atoms. The summed E-state index contributed by atoms with van der Waals surface area (Å²) in [4.78, 5) is 19.2. The van der Waals surface area contributed by atoms with E-state index < -0.39 is 0 Å². The Kier molecular flexibility index (Phi) is 4.68. The first kappa shape index (κ1) is 17.3. The van der Waals surface area contributed by atoms with Gasteiger partial charge in [-0.25, -0.2) is 4.98 Å². The maximum Gasteiger partial charge on any atom is 0.272 e. The van der Waals surface area contributed by atoms with E-state index in [1.165, 1.54) is 0 Å². The molecule has 9 nitrogen and oxygen atoms in total. The van der Waals surface area contributed by atoms with Crippen molar-refractivity contribution in [3.63, 3.8) is 0 Å². The summed E-state index contributed by atoms with van der Waals surface area (Å²) in [7, 11) is 1.67. The van der Waals surface area contributed by atoms with E-state index in [2.05, 4.69) is 20.3 Å². The predicted molar refractivity (Wildman–Crippen MR) is 94.3 cm³/mol. The van der Waals surface area contributed by atoms with Crippen LogP contribution in [-0.2, 0) is 11.2 Å². The van der Waals surface area contributed by atoms with Crippen molar-refractivity contribution in [2.45, 2.75) is 19.4 Å². The molecule has 0 saturated carbocycles. The number of likely N-dealkylation sites (tertiary alicyclic amines) is 1. The van der Waals surface area contributed by atoms with Gasteiger partial charge in [0.1, 0.15) is 29.9 Å². The molecule has 2 atom stereocenters. The normalized spacial score (nSPS) is 19.6. The summed E-state index contributed by atoms with van der Waals surface area (Å²) >= 11 is 0. The molecule has 9 heteroatoms. The lowest BCUT2D eigenvalue weighted by atomic mass is 10.0. The summed E-state index contributed by atoms with van der Waals surface area (Å²) in [5.74, 6) is 1.43. The number of rotatable bonds is 5. The molecule has 0 spiro atoms. The molecule has 1 amide bonds. The number of carbonyl (C=O) groups is 1. The average Bonchev–Trinajstić information content (AvgIpc) is 3.43. The fourth-order valence-electron chi connectivity index (χ4n) is 3.41. The van der Waals surface area contributed by atoms with E-state index in [4.69, 9.17) is 9.26 Å². The monoisotopic (exact) mass is 368 g/mol. The minimum atomic E-state index is -0.122. The van der Waals surface area contributed by atoms with E-state index in [0.29, 0.717) is 31.0 Å². The zero-order valence-corrected chi connectivity index (χ0v) is 15.1. The molecule has 0 N–H and O–H groups in total. The van der Waals surface area contributed by atoms with Crippen LogP contribution in [0.2, 0.25) is 0 Å². The largest absolute Gasteiger partial charge is 0.379 e. The number of carbonyl (C=O) groups excluding carboxylic acids is 1. The van der Waals surface area contributed by atoms with Crippen molar-refractivity contribution in [2.24, 2.45) is 5.92 Å². The van der Waals surface area contributed by atoms with E-state index in [0.717, 1.165) is 11.5 Å². The van der Waals surface area contributed by atoms with Gasteiger partial charge < -0.3 is 14.2 Å². The summed E-state index contributed by atoms with van der Waals surface area (Å²) in [6.45, 7) is 2.99. The average molecular weight is 368 g/mol. The molecule has 4 rings (SSSR count). The highest BCUT2D eigenvalue weighted by Crippen LogP contribution is 2.25. The molecule has 0 aliphatic carbocycles. The molecule has 1 fully saturated rings. The lowest BCUT2D eigenvalue weighted by Gasteiger charge is -2.15. The molecular weight excluding hydrogens is 348 g/mol. The van der Waals surface area contributed by atoms with E-state index in [1.807, 2.05) is 13.0 Å². The van der Waals surface area contributed by atoms with Gasteiger partial charge in [0, 0.05) is 38.6 Å². The molecule has 3 aromatic heterocycles. The fraction of sp³-hybridized carbons (Fsp3) is 0.389. The second-order valence-electron chi connectivity index (χ2n) is 6.63. The zero-order chi connectivity index (χ0) is 18.8. The van der Waals surface area contributed by atoms with Crippen LogP contribution in [0.1, 0.15) is 21.9 Å². The first-order chi connectivity index (χ1) is 13.1. The van der Waals surface area contributed by atoms with Gasteiger partial charge in [-0.05, 0) is 19.1 Å². The predicted octanol–water partition coefficient (Wildman–Crippen LogP) is 1.29. The Morgan fingerprint density at radius 1 is 1.30 bits per heavy atom. The Morgan fingerprint density at radius 3 is 2.81 bits per heavy atom. The highest BCUT2D eigenvalue weighted by Gasteiger charge is 2.36. The summed E-state index contributed by atoms with van der Waals surface area (Å²) in [5, 5.41) is 11.5. The number of hydrogen-bond donors (Lipinski definition) is 0. The molecule has 140 valence electrons. The van der Waals surface area contributed by atoms with Gasteiger partial charge in [0.25, 0.3) is 5.91 Å². The van der Waals surface area contributed by atoms with Gasteiger partial charge in [0.2, 0.25) is 0 Å². The molecule has 3 aromatic rings. The molecule has 0 unspecified atom stereocenters. The van der Waals surface area contributed by atoms with Gasteiger partial charge in [0.05, 0.1) is 11.8 Å². The Morgan fingerprint density at radius 2 is 2.11 bits per heavy atom. The minimum Gasteiger partial charge on any atom is -0.379 e. The van der Waals surface area contributed by atoms with Crippen molar-refractivity contribution in [1.29, 1.82) is 0 Å². The summed E-state index contributed by atoms with van der Waals surface area (Å²) in [6, 6.07) is 7.23. The number of nitrogens with zero attached hydrogens (tertiary/aromatic N) is 6. The number of pyridine rings is 1. The maximum absolute atomic E-state index is 13.0. The Labute approximate surface area is 156 Å². The Hall–Kier alpha value is -3.07. The van der Waals surface area contributed by atoms with Crippen LogP contribution in [0.3, 0.4) is 0 Å². The van der Waals surface area contributed by atoms with E-state index >= 15 is 0 Å². The van der Waals surface area contributed by atoms with Crippen molar-refractivity contribution in [2.75, 3.05) is 20.2 Å². The van der Waals surface area contributed by atoms with E-state index in [1.54, 1.807) is 47.4 Å². The van der Waals surface area contributed by atoms with Crippen LogP contribution < -0.4 is 0 Å². The third-order valence-electron chi connectivity index (χ3n) is 4.75. The first-order valence-corrected chi connectivity index (χ1v) is 8.70. The third kappa shape index (κ3) is 3.59. The highest BCUT2D eigenvalue weighted by molar-refractivity contribution is 5.92. The Balaban J connectivity index is 1.50. The second kappa shape index (κ2) is 7.28. The number of aromatic nitrogens is 5. The van der Waals surface area contributed by atoms with Crippen molar-refractivity contribution in [3.05, 3.63) is 54.1 Å². The number of aryl methyl sites for hydroxylation is 1. The van der Waals surface area contributed by atoms with Crippen LogP contribution in [0.4, 0.5) is 0 Å². The van der Waals surface area contributed by atoms with Gasteiger partial charge in [0.15, 0.2) is 0 Å². The van der Waals surface area contributed by atoms with Crippen LogP contribution in [-0.4, -0.2) is 62.0 Å². The van der Waals surface area contributed by atoms with Gasteiger partial charge in [-0.15, -0.1) is 10.2 Å². The van der Waals surface area contributed by atoms with Crippen molar-refractivity contribution in [1.82, 2.24) is 29.8 Å². The van der Waals surface area contributed by atoms with Crippen LogP contribution in [0, 0.1) is 12.8 Å². The topological polar surface area (TPSA) is 99.2 Å². The second-order valence-corrected chi connectivity index (χ2v) is 6.63. The molecule has 27 heavy (non-hydrogen) atoms. The van der Waals surface area contributed by atoms with Crippen LogP contribution >= 0.6 is 0 Å². The standard InChI is InChI=1S/C18H20N6O3/c1-12-6-14(27-22-12)7-13-8-23(9-16(13)26-2)18(25)15-4-3-5-17(21-15)24-10-19-20-11-24/h3-6,10-11,13,16H,7-9H2,1-2H3/t13-,16+/m1/s1. The molecule has 1 aliphatic heterocycles. The van der Waals surface area contributed by atoms with Gasteiger partial charge in [-0.1, -0.05) is 11.2 Å². The summed E-state index contributed by atoms with van der Waals surface area (Å²) in [6.07, 6.45) is 3.71. The van der Waals surface area contributed by atoms with Crippen molar-refractivity contribution < 1.29 is 14.1 Å². The lowest BCUT2D eigenvalue weighted by Crippen LogP contribution is -2.30. The quantitative estimate of drug-likeness (QED) is 0.669. The molecular formula is C18H20N6O3. The molecule has 1 aliphatic rings. The van der Waals surface area contributed by atoms with E-state index in [-0.39, 0.29) is 17.9 Å². The highest BCUT2D eigenvalue weighted by atomic mass is 16.5. The SMILES string of the molecule is CO[C@H]1CN(C(=O)c2cccc(-n3cnnc3)n2)C[C@H]1Cc1cc(C)no1. The van der Waals surface area contributed by atoms with Crippen LogP contribution in [0.5, 0.6) is 0 Å². The van der Waals surface area contributed by atoms with Crippen LogP contribution in [0.15, 0.2) is 41.4 Å². The smallest absolute Gasteiger partial charge is 0.272 e. The number of methoxy groups -OCH3 is 1. The number of amides is 1. The molecule has 4 heterocycles. The minimum absolute atomic E-state index is 0.0552. The van der Waals surface area contributed by atoms with Crippen LogP contribution in [0.25, 0.3) is 5.82 Å². The molecule has 0 aromatic carbocycles. The lowest BCUT2D eigenvalue weighted by molar-refractivity contribution is 0.0669. The van der Waals surface area contributed by atoms with Crippen molar-refractivity contribution >= 4 is 5.91 Å². The van der Waals surface area contributed by atoms with E-state index in [9.17, 15) is 4.79 Å². The maximum atomic E-state index is 13.0. The number of hydrogen-bond acceptors (Lipinski definition) is 7. The summed E-state index contributed by atoms with van der Waals surface area (Å²) < 4.78 is 12.6. The third-order valence-corrected chi connectivity index (χ3v) is 4.75. The van der Waals surface area contributed by atoms with Gasteiger partial charge in [-0.3, -0.25) is 9.36 Å². The summed E-state index contributed by atoms with van der Waals surface area (Å²) in [5.41, 5.74) is 1.23. The van der Waals surface area contributed by atoms with Gasteiger partial charge in [-0.2, -0.15) is 0 Å². The zero-order valence-electron chi connectivity index (χ0n) is 15.1. The van der Waals surface area contributed by atoms with Crippen molar-refractivity contribution in [3.8, 4) is 5.82 Å². The fourth-order valence-corrected chi connectivity index (χ4v) is 3.41. The molecule has 0 radical (unpaired) electrons. The van der Waals surface area contributed by atoms with Gasteiger partial charge >= 0.3 is 0 Å².